The number of phenolic OH excluding ortho intramolecular Hbond substituents is 1. The number of piperazine rings is 1. The Morgan fingerprint density at radius 3 is 2.39 bits per heavy atom. The molecule has 8 heteroatoms. The number of carbonyl (C=O) groups is 2. The molecule has 0 aliphatic carbocycles. The minimum atomic E-state index is -0.143. The lowest BCUT2D eigenvalue weighted by Gasteiger charge is -2.47. The first kappa shape index (κ1) is 33.6. The molecule has 1 N–H and O–H groups in total. The van der Waals surface area contributed by atoms with Gasteiger partial charge in [0.05, 0.1) is 12.6 Å². The summed E-state index contributed by atoms with van der Waals surface area (Å²) in [6.07, 6.45) is 2.10. The molecule has 246 valence electrons. The number of hydrogen-bond acceptors (Lipinski definition) is 7. The van der Waals surface area contributed by atoms with E-state index in [0.29, 0.717) is 37.7 Å². The Morgan fingerprint density at radius 2 is 1.63 bits per heavy atom. The summed E-state index contributed by atoms with van der Waals surface area (Å²) in [6, 6.07) is 26.8. The van der Waals surface area contributed by atoms with Crippen LogP contribution >= 0.6 is 0 Å². The normalized spacial score (nSPS) is 20.6. The smallest absolute Gasteiger partial charge is 0.305 e. The molecule has 5 rings (SSSR count). The van der Waals surface area contributed by atoms with Gasteiger partial charge in [-0.3, -0.25) is 19.4 Å². The highest BCUT2D eigenvalue weighted by atomic mass is 16.5. The molecule has 2 saturated heterocycles. The number of rotatable bonds is 11. The van der Waals surface area contributed by atoms with Gasteiger partial charge in [-0.2, -0.15) is 0 Å². The predicted octanol–water partition coefficient (Wildman–Crippen LogP) is 5.57. The number of esters is 1. The van der Waals surface area contributed by atoms with Crippen LogP contribution in [0.25, 0.3) is 0 Å². The van der Waals surface area contributed by atoms with E-state index in [-0.39, 0.29) is 29.7 Å². The lowest BCUT2D eigenvalue weighted by Crippen LogP contribution is -2.56. The molecule has 1 amide bonds. The van der Waals surface area contributed by atoms with Crippen molar-refractivity contribution in [1.82, 2.24) is 19.6 Å². The van der Waals surface area contributed by atoms with Gasteiger partial charge in [0, 0.05) is 63.3 Å². The molecular weight excluding hydrogens is 576 g/mol. The van der Waals surface area contributed by atoms with Crippen LogP contribution in [-0.4, -0.2) is 101 Å². The molecule has 0 spiro atoms. The molecule has 2 heterocycles. The Hall–Kier alpha value is -3.72. The lowest BCUT2D eigenvalue weighted by atomic mass is 9.92. The summed E-state index contributed by atoms with van der Waals surface area (Å²) >= 11 is 0. The van der Waals surface area contributed by atoms with Crippen LogP contribution in [0.15, 0.2) is 78.9 Å². The molecular formula is C38H50N4O4. The van der Waals surface area contributed by atoms with Crippen LogP contribution in [0, 0.1) is 0 Å². The van der Waals surface area contributed by atoms with Crippen LogP contribution in [0.1, 0.15) is 73.1 Å². The summed E-state index contributed by atoms with van der Waals surface area (Å²) in [5.74, 6) is 0.157. The fourth-order valence-electron chi connectivity index (χ4n) is 7.00. The van der Waals surface area contributed by atoms with Gasteiger partial charge >= 0.3 is 5.97 Å². The van der Waals surface area contributed by atoms with Crippen LogP contribution in [0.4, 0.5) is 0 Å². The van der Waals surface area contributed by atoms with E-state index in [4.69, 9.17) is 4.74 Å². The third-order valence-corrected chi connectivity index (χ3v) is 9.39. The van der Waals surface area contributed by atoms with Crippen molar-refractivity contribution in [2.45, 2.75) is 64.7 Å². The largest absolute Gasteiger partial charge is 0.508 e. The van der Waals surface area contributed by atoms with Gasteiger partial charge in [-0.15, -0.1) is 0 Å². The zero-order valence-electron chi connectivity index (χ0n) is 27.7. The molecule has 0 bridgehead atoms. The van der Waals surface area contributed by atoms with Crippen molar-refractivity contribution in [3.8, 4) is 5.75 Å². The minimum Gasteiger partial charge on any atom is -0.508 e. The quantitative estimate of drug-likeness (QED) is 0.279. The Morgan fingerprint density at radius 1 is 0.870 bits per heavy atom. The van der Waals surface area contributed by atoms with Gasteiger partial charge in [-0.05, 0) is 87.7 Å². The van der Waals surface area contributed by atoms with Crippen molar-refractivity contribution in [3.05, 3.63) is 101 Å². The third-order valence-electron chi connectivity index (χ3n) is 9.39. The molecule has 0 saturated carbocycles. The van der Waals surface area contributed by atoms with E-state index in [1.807, 2.05) is 36.1 Å². The maximum atomic E-state index is 13.9. The number of phenols is 1. The van der Waals surface area contributed by atoms with Gasteiger partial charge in [0.15, 0.2) is 0 Å². The van der Waals surface area contributed by atoms with E-state index in [9.17, 15) is 14.7 Å². The Kier molecular flexibility index (Phi) is 11.9. The van der Waals surface area contributed by atoms with E-state index >= 15 is 0 Å². The minimum absolute atomic E-state index is 0.0546. The van der Waals surface area contributed by atoms with Crippen molar-refractivity contribution < 1.29 is 19.4 Å². The molecule has 2 aliphatic rings. The summed E-state index contributed by atoms with van der Waals surface area (Å²) in [6.45, 7) is 13.4. The molecule has 3 aromatic rings. The Labute approximate surface area is 274 Å². The summed E-state index contributed by atoms with van der Waals surface area (Å²) in [5.41, 5.74) is 4.09. The number of nitrogens with zero attached hydrogens (tertiary/aromatic N) is 4. The van der Waals surface area contributed by atoms with Gasteiger partial charge in [-0.25, -0.2) is 0 Å². The summed E-state index contributed by atoms with van der Waals surface area (Å²) < 4.78 is 5.06. The molecule has 2 aliphatic heterocycles. The molecule has 8 nitrogen and oxygen atoms in total. The van der Waals surface area contributed by atoms with Crippen LogP contribution in [-0.2, 0) is 16.1 Å². The summed E-state index contributed by atoms with van der Waals surface area (Å²) in [5, 5.41) is 10.5. The number of aromatic hydroxyl groups is 1. The standard InChI is InChI=1S/C38H50N4O4/c1-4-46-36(44)18-10-19-39-20-11-21-40(23-22-39)38(45)34-16-8-14-32(24-34)37(33-15-9-17-35(43)25-33)42-27-29(2)41(26-30(42)3)28-31-12-6-5-7-13-31/h5-9,12-17,24-25,29-30,37,43H,4,10-11,18-23,26-28H2,1-3H3/t29-,30+,37-/m1/s1. The maximum Gasteiger partial charge on any atom is 0.305 e. The van der Waals surface area contributed by atoms with Gasteiger partial charge in [0.1, 0.15) is 5.75 Å². The fraction of sp³-hybridized carbons (Fsp3) is 0.474. The van der Waals surface area contributed by atoms with Crippen LogP contribution in [0.3, 0.4) is 0 Å². The van der Waals surface area contributed by atoms with Crippen molar-refractivity contribution in [2.24, 2.45) is 0 Å². The molecule has 3 atom stereocenters. The van der Waals surface area contributed by atoms with Crippen molar-refractivity contribution in [1.29, 1.82) is 0 Å². The van der Waals surface area contributed by atoms with Crippen molar-refractivity contribution >= 4 is 11.9 Å². The summed E-state index contributed by atoms with van der Waals surface area (Å²) in [7, 11) is 0. The number of hydrogen-bond donors (Lipinski definition) is 1. The van der Waals surface area contributed by atoms with E-state index in [2.05, 4.69) is 77.1 Å². The van der Waals surface area contributed by atoms with Crippen LogP contribution < -0.4 is 0 Å². The first-order valence-corrected chi connectivity index (χ1v) is 16.9. The second kappa shape index (κ2) is 16.2. The monoisotopic (exact) mass is 626 g/mol. The van der Waals surface area contributed by atoms with Gasteiger partial charge in [0.2, 0.25) is 0 Å². The van der Waals surface area contributed by atoms with Gasteiger partial charge < -0.3 is 19.6 Å². The first-order chi connectivity index (χ1) is 22.3. The van der Waals surface area contributed by atoms with Crippen molar-refractivity contribution in [2.75, 3.05) is 52.4 Å². The Bertz CT molecular complexity index is 1430. The highest BCUT2D eigenvalue weighted by Gasteiger charge is 2.35. The zero-order valence-corrected chi connectivity index (χ0v) is 27.7. The number of ether oxygens (including phenoxy) is 1. The van der Waals surface area contributed by atoms with Crippen molar-refractivity contribution in [3.63, 3.8) is 0 Å². The molecule has 3 aromatic carbocycles. The molecule has 0 aromatic heterocycles. The number of amides is 1. The summed E-state index contributed by atoms with van der Waals surface area (Å²) in [4.78, 5) is 35.0. The third kappa shape index (κ3) is 8.75. The van der Waals surface area contributed by atoms with Crippen LogP contribution in [0.5, 0.6) is 5.75 Å². The lowest BCUT2D eigenvalue weighted by molar-refractivity contribution is -0.143. The Balaban J connectivity index is 1.31. The SMILES string of the molecule is CCOC(=O)CCCN1CCCN(C(=O)c2cccc([C@H](c3cccc(O)c3)N3C[C@@H](C)N(Cc4ccccc4)C[C@@H]3C)c2)CC1. The van der Waals surface area contributed by atoms with Gasteiger partial charge in [0.25, 0.3) is 5.91 Å². The topological polar surface area (TPSA) is 76.6 Å². The highest BCUT2D eigenvalue weighted by molar-refractivity contribution is 5.94. The second-order valence-electron chi connectivity index (χ2n) is 12.8. The molecule has 0 unspecified atom stereocenters. The van der Waals surface area contributed by atoms with Crippen LogP contribution in [0.2, 0.25) is 0 Å². The van der Waals surface area contributed by atoms with Gasteiger partial charge in [-0.1, -0.05) is 54.6 Å². The average molecular weight is 627 g/mol. The molecule has 0 radical (unpaired) electrons. The number of carbonyl (C=O) groups excluding carboxylic acids is 2. The first-order valence-electron chi connectivity index (χ1n) is 16.9. The molecule has 2 fully saturated rings. The number of benzene rings is 3. The van der Waals surface area contributed by atoms with E-state index in [1.165, 1.54) is 5.56 Å². The van der Waals surface area contributed by atoms with E-state index < -0.39 is 0 Å². The van der Waals surface area contributed by atoms with E-state index in [0.717, 1.165) is 63.2 Å². The average Bonchev–Trinajstić information content (AvgIpc) is 3.30. The highest BCUT2D eigenvalue weighted by Crippen LogP contribution is 2.35. The van der Waals surface area contributed by atoms with E-state index in [1.54, 1.807) is 6.07 Å². The molecule has 46 heavy (non-hydrogen) atoms. The zero-order chi connectivity index (χ0) is 32.5. The maximum absolute atomic E-state index is 13.9. The fourth-order valence-corrected chi connectivity index (χ4v) is 7.00. The second-order valence-corrected chi connectivity index (χ2v) is 12.8. The predicted molar refractivity (Wildman–Crippen MR) is 182 cm³/mol.